The summed E-state index contributed by atoms with van der Waals surface area (Å²) in [5.74, 6) is -0.732. The van der Waals surface area contributed by atoms with E-state index >= 15 is 0 Å². The fourth-order valence-electron chi connectivity index (χ4n) is 1.77. The van der Waals surface area contributed by atoms with E-state index in [1.54, 1.807) is 7.05 Å². The van der Waals surface area contributed by atoms with Crippen molar-refractivity contribution in [1.82, 2.24) is 4.90 Å². The Morgan fingerprint density at radius 2 is 1.83 bits per heavy atom. The lowest BCUT2D eigenvalue weighted by atomic mass is 10.2. The first kappa shape index (κ1) is 19.0. The van der Waals surface area contributed by atoms with Crippen molar-refractivity contribution in [1.29, 1.82) is 0 Å². The lowest BCUT2D eigenvalue weighted by Gasteiger charge is -2.16. The van der Waals surface area contributed by atoms with E-state index in [0.717, 1.165) is 11.3 Å². The highest BCUT2D eigenvalue weighted by atomic mass is 32.2. The summed E-state index contributed by atoms with van der Waals surface area (Å²) in [6, 6.07) is 7.50. The Bertz CT molecular complexity index is 546. The molecule has 23 heavy (non-hydrogen) atoms. The van der Waals surface area contributed by atoms with Gasteiger partial charge in [0.25, 0.3) is 0 Å². The van der Waals surface area contributed by atoms with Crippen molar-refractivity contribution in [3.8, 4) is 0 Å². The third-order valence-electron chi connectivity index (χ3n) is 3.10. The molecule has 0 fully saturated rings. The molecule has 0 aliphatic carbocycles. The van der Waals surface area contributed by atoms with Crippen molar-refractivity contribution in [2.45, 2.75) is 19.8 Å². The van der Waals surface area contributed by atoms with Crippen LogP contribution in [-0.2, 0) is 14.4 Å². The van der Waals surface area contributed by atoms with Gasteiger partial charge < -0.3 is 15.3 Å². The molecule has 1 aromatic rings. The van der Waals surface area contributed by atoms with E-state index in [4.69, 9.17) is 5.11 Å². The predicted molar refractivity (Wildman–Crippen MR) is 91.6 cm³/mol. The maximum Gasteiger partial charge on any atom is 0.303 e. The summed E-state index contributed by atoms with van der Waals surface area (Å²) < 4.78 is 0. The highest BCUT2D eigenvalue weighted by Crippen LogP contribution is 2.10. The van der Waals surface area contributed by atoms with Gasteiger partial charge in [-0.3, -0.25) is 14.4 Å². The number of nitrogens with zero attached hydrogens (tertiary/aromatic N) is 1. The normalized spacial score (nSPS) is 10.2. The predicted octanol–water partition coefficient (Wildman–Crippen LogP) is 1.99. The number of carboxylic acid groups (broad SMARTS) is 1. The van der Waals surface area contributed by atoms with Crippen LogP contribution in [0.3, 0.4) is 0 Å². The molecule has 0 aromatic heterocycles. The minimum Gasteiger partial charge on any atom is -0.481 e. The van der Waals surface area contributed by atoms with E-state index in [0.29, 0.717) is 13.0 Å². The average Bonchev–Trinajstić information content (AvgIpc) is 2.49. The molecule has 2 N–H and O–H groups in total. The van der Waals surface area contributed by atoms with Crippen LogP contribution in [-0.4, -0.2) is 52.9 Å². The number of carbonyl (C=O) groups is 3. The zero-order chi connectivity index (χ0) is 17.2. The summed E-state index contributed by atoms with van der Waals surface area (Å²) in [5.41, 5.74) is 1.85. The molecule has 0 bridgehead atoms. The van der Waals surface area contributed by atoms with Crippen molar-refractivity contribution in [2.24, 2.45) is 0 Å². The summed E-state index contributed by atoms with van der Waals surface area (Å²) in [6.07, 6.45) is 0.472. The first-order valence-electron chi connectivity index (χ1n) is 7.28. The van der Waals surface area contributed by atoms with Crippen molar-refractivity contribution in [2.75, 3.05) is 30.4 Å². The number of anilines is 1. The molecule has 0 heterocycles. The lowest BCUT2D eigenvalue weighted by Crippen LogP contribution is -2.30. The summed E-state index contributed by atoms with van der Waals surface area (Å²) in [4.78, 5) is 35.5. The lowest BCUT2D eigenvalue weighted by molar-refractivity contribution is -0.137. The van der Waals surface area contributed by atoms with Gasteiger partial charge in [-0.25, -0.2) is 0 Å². The van der Waals surface area contributed by atoms with Crippen LogP contribution in [0.4, 0.5) is 5.69 Å². The summed E-state index contributed by atoms with van der Waals surface area (Å²) in [5, 5.41) is 11.3. The SMILES string of the molecule is Cc1ccc(NC(=O)CSCC(=O)N(C)CCCC(=O)O)cc1. The monoisotopic (exact) mass is 338 g/mol. The second-order valence-corrected chi connectivity index (χ2v) is 6.21. The number of benzene rings is 1. The number of hydrogen-bond donors (Lipinski definition) is 2. The fourth-order valence-corrected chi connectivity index (χ4v) is 2.52. The van der Waals surface area contributed by atoms with Crippen LogP contribution in [0.25, 0.3) is 0 Å². The number of carboxylic acids is 1. The molecule has 0 aliphatic heterocycles. The Hall–Kier alpha value is -2.02. The van der Waals surface area contributed by atoms with E-state index in [-0.39, 0.29) is 29.7 Å². The number of thioether (sulfide) groups is 1. The second kappa shape index (κ2) is 9.89. The highest BCUT2D eigenvalue weighted by molar-refractivity contribution is 8.00. The number of nitrogens with one attached hydrogen (secondary N) is 1. The Balaban J connectivity index is 2.21. The zero-order valence-corrected chi connectivity index (χ0v) is 14.2. The van der Waals surface area contributed by atoms with Crippen molar-refractivity contribution < 1.29 is 19.5 Å². The van der Waals surface area contributed by atoms with Crippen LogP contribution in [0.15, 0.2) is 24.3 Å². The Labute approximate surface area is 140 Å². The molecule has 0 saturated carbocycles. The molecule has 0 saturated heterocycles. The third kappa shape index (κ3) is 8.25. The quantitative estimate of drug-likeness (QED) is 0.719. The van der Waals surface area contributed by atoms with Crippen molar-refractivity contribution in [3.63, 3.8) is 0 Å². The summed E-state index contributed by atoms with van der Waals surface area (Å²) >= 11 is 1.24. The van der Waals surface area contributed by atoms with Crippen molar-refractivity contribution in [3.05, 3.63) is 29.8 Å². The minimum atomic E-state index is -0.868. The molecule has 0 atom stereocenters. The van der Waals surface area contributed by atoms with Crippen LogP contribution in [0, 0.1) is 6.92 Å². The highest BCUT2D eigenvalue weighted by Gasteiger charge is 2.11. The fraction of sp³-hybridized carbons (Fsp3) is 0.438. The third-order valence-corrected chi connectivity index (χ3v) is 4.02. The van der Waals surface area contributed by atoms with Gasteiger partial charge in [-0.05, 0) is 25.5 Å². The number of aliphatic carboxylic acids is 1. The largest absolute Gasteiger partial charge is 0.481 e. The number of aryl methyl sites for hydroxylation is 1. The summed E-state index contributed by atoms with van der Waals surface area (Å²) in [7, 11) is 1.64. The van der Waals surface area contributed by atoms with Crippen LogP contribution in [0.2, 0.25) is 0 Å². The van der Waals surface area contributed by atoms with Gasteiger partial charge in [-0.1, -0.05) is 17.7 Å². The standard InChI is InChI=1S/C16H22N2O4S/c1-12-5-7-13(8-6-12)17-14(19)10-23-11-15(20)18(2)9-3-4-16(21)22/h5-8H,3-4,9-11H2,1-2H3,(H,17,19)(H,21,22). The van der Waals surface area contributed by atoms with Crippen LogP contribution < -0.4 is 5.32 Å². The Kier molecular flexibility index (Phi) is 8.18. The van der Waals surface area contributed by atoms with Gasteiger partial charge in [0, 0.05) is 25.7 Å². The molecule has 0 spiro atoms. The molecule has 1 rings (SSSR count). The Morgan fingerprint density at radius 3 is 2.43 bits per heavy atom. The summed E-state index contributed by atoms with van der Waals surface area (Å²) in [6.45, 7) is 2.38. The van der Waals surface area contributed by atoms with Gasteiger partial charge in [0.1, 0.15) is 0 Å². The molecule has 0 unspecified atom stereocenters. The zero-order valence-electron chi connectivity index (χ0n) is 13.4. The molecule has 2 amide bonds. The van der Waals surface area contributed by atoms with E-state index in [9.17, 15) is 14.4 Å². The van der Waals surface area contributed by atoms with E-state index in [1.807, 2.05) is 31.2 Å². The van der Waals surface area contributed by atoms with Gasteiger partial charge >= 0.3 is 5.97 Å². The molecular weight excluding hydrogens is 316 g/mol. The minimum absolute atomic E-state index is 0.0454. The topological polar surface area (TPSA) is 86.7 Å². The molecule has 6 nitrogen and oxygen atoms in total. The first-order chi connectivity index (χ1) is 10.9. The maximum atomic E-state index is 11.8. The number of rotatable bonds is 9. The molecular formula is C16H22N2O4S. The molecule has 126 valence electrons. The van der Waals surface area contributed by atoms with E-state index in [2.05, 4.69) is 5.32 Å². The first-order valence-corrected chi connectivity index (χ1v) is 8.44. The molecule has 0 radical (unpaired) electrons. The smallest absolute Gasteiger partial charge is 0.303 e. The van der Waals surface area contributed by atoms with Gasteiger partial charge in [0.2, 0.25) is 11.8 Å². The van der Waals surface area contributed by atoms with Crippen molar-refractivity contribution >= 4 is 35.2 Å². The van der Waals surface area contributed by atoms with Gasteiger partial charge in [0.05, 0.1) is 11.5 Å². The van der Waals surface area contributed by atoms with Crippen LogP contribution in [0.5, 0.6) is 0 Å². The maximum absolute atomic E-state index is 11.8. The molecule has 1 aromatic carbocycles. The number of carbonyl (C=O) groups excluding carboxylic acids is 2. The Morgan fingerprint density at radius 1 is 1.17 bits per heavy atom. The second-order valence-electron chi connectivity index (χ2n) is 5.22. The van der Waals surface area contributed by atoms with Gasteiger partial charge in [-0.15, -0.1) is 11.8 Å². The van der Waals surface area contributed by atoms with E-state index in [1.165, 1.54) is 16.7 Å². The molecule has 0 aliphatic rings. The van der Waals surface area contributed by atoms with Crippen LogP contribution >= 0.6 is 11.8 Å². The van der Waals surface area contributed by atoms with Crippen LogP contribution in [0.1, 0.15) is 18.4 Å². The van der Waals surface area contributed by atoms with Gasteiger partial charge in [-0.2, -0.15) is 0 Å². The van der Waals surface area contributed by atoms with E-state index < -0.39 is 5.97 Å². The average molecular weight is 338 g/mol. The number of amides is 2. The number of hydrogen-bond acceptors (Lipinski definition) is 4. The van der Waals surface area contributed by atoms with Gasteiger partial charge in [0.15, 0.2) is 0 Å². The molecule has 7 heteroatoms.